The van der Waals surface area contributed by atoms with E-state index in [1.807, 2.05) is 18.2 Å². The Hall–Kier alpha value is -1.69. The molecule has 3 heterocycles. The molecule has 0 radical (unpaired) electrons. The number of furan rings is 1. The van der Waals surface area contributed by atoms with E-state index in [9.17, 15) is 4.39 Å². The fourth-order valence-corrected chi connectivity index (χ4v) is 4.03. The molecule has 0 bridgehead atoms. The topological polar surface area (TPSA) is 28.9 Å². The minimum atomic E-state index is -0.239. The SMILES string of the molecule is Fc1ccccc1-c1ccc(CN2CCCC[C@H]2CN2CCOCC2)o1. The molecule has 2 aromatic rings. The minimum Gasteiger partial charge on any atom is -0.460 e. The number of piperidine rings is 1. The molecule has 0 spiro atoms. The molecule has 1 aromatic carbocycles. The number of halogens is 1. The van der Waals surface area contributed by atoms with Gasteiger partial charge >= 0.3 is 0 Å². The Morgan fingerprint density at radius 2 is 1.85 bits per heavy atom. The summed E-state index contributed by atoms with van der Waals surface area (Å²) in [5.41, 5.74) is 0.530. The van der Waals surface area contributed by atoms with Gasteiger partial charge in [0.05, 0.1) is 25.3 Å². The lowest BCUT2D eigenvalue weighted by Gasteiger charge is -2.39. The molecule has 0 aliphatic carbocycles. The van der Waals surface area contributed by atoms with Crippen LogP contribution in [0.1, 0.15) is 25.0 Å². The van der Waals surface area contributed by atoms with Gasteiger partial charge in [0, 0.05) is 25.7 Å². The van der Waals surface area contributed by atoms with Crippen molar-refractivity contribution in [3.63, 3.8) is 0 Å². The van der Waals surface area contributed by atoms with Crippen LogP contribution < -0.4 is 0 Å². The molecule has 5 heteroatoms. The molecular formula is C21H27FN2O2. The van der Waals surface area contributed by atoms with E-state index in [1.54, 1.807) is 12.1 Å². The van der Waals surface area contributed by atoms with E-state index in [0.29, 0.717) is 17.4 Å². The smallest absolute Gasteiger partial charge is 0.137 e. The molecule has 0 unspecified atom stereocenters. The van der Waals surface area contributed by atoms with Gasteiger partial charge in [0.15, 0.2) is 0 Å². The molecule has 2 fully saturated rings. The Morgan fingerprint density at radius 1 is 1.00 bits per heavy atom. The van der Waals surface area contributed by atoms with Gasteiger partial charge in [0.1, 0.15) is 17.3 Å². The summed E-state index contributed by atoms with van der Waals surface area (Å²) in [6.45, 7) is 6.75. The highest BCUT2D eigenvalue weighted by atomic mass is 19.1. The molecule has 0 saturated carbocycles. The van der Waals surface area contributed by atoms with Crippen molar-refractivity contribution in [3.8, 4) is 11.3 Å². The maximum atomic E-state index is 14.0. The highest BCUT2D eigenvalue weighted by molar-refractivity contribution is 5.58. The van der Waals surface area contributed by atoms with Crippen LogP contribution in [0.15, 0.2) is 40.8 Å². The van der Waals surface area contributed by atoms with Crippen LogP contribution >= 0.6 is 0 Å². The number of hydrogen-bond donors (Lipinski definition) is 0. The molecule has 4 rings (SSSR count). The van der Waals surface area contributed by atoms with Crippen molar-refractivity contribution in [2.45, 2.75) is 31.8 Å². The third-order valence-corrected chi connectivity index (χ3v) is 5.48. The van der Waals surface area contributed by atoms with Crippen LogP contribution in [0.4, 0.5) is 4.39 Å². The Morgan fingerprint density at radius 3 is 2.69 bits per heavy atom. The molecule has 2 aliphatic rings. The number of hydrogen-bond acceptors (Lipinski definition) is 4. The minimum absolute atomic E-state index is 0.239. The monoisotopic (exact) mass is 358 g/mol. The van der Waals surface area contributed by atoms with Gasteiger partial charge in [-0.2, -0.15) is 0 Å². The van der Waals surface area contributed by atoms with E-state index >= 15 is 0 Å². The van der Waals surface area contributed by atoms with E-state index in [2.05, 4.69) is 9.80 Å². The van der Waals surface area contributed by atoms with Gasteiger partial charge in [0.2, 0.25) is 0 Å². The summed E-state index contributed by atoms with van der Waals surface area (Å²) >= 11 is 0. The number of morpholine rings is 1. The largest absolute Gasteiger partial charge is 0.460 e. The van der Waals surface area contributed by atoms with Crippen molar-refractivity contribution < 1.29 is 13.5 Å². The van der Waals surface area contributed by atoms with E-state index in [4.69, 9.17) is 9.15 Å². The highest BCUT2D eigenvalue weighted by Gasteiger charge is 2.26. The molecule has 2 saturated heterocycles. The number of rotatable bonds is 5. The Balaban J connectivity index is 1.42. The molecule has 1 atom stereocenters. The fraction of sp³-hybridized carbons (Fsp3) is 0.524. The molecule has 26 heavy (non-hydrogen) atoms. The average Bonchev–Trinajstić information content (AvgIpc) is 3.13. The van der Waals surface area contributed by atoms with Gasteiger partial charge in [-0.05, 0) is 43.7 Å². The lowest BCUT2D eigenvalue weighted by molar-refractivity contribution is 0.0142. The summed E-state index contributed by atoms with van der Waals surface area (Å²) < 4.78 is 25.4. The Bertz CT molecular complexity index is 712. The summed E-state index contributed by atoms with van der Waals surface area (Å²) in [6.07, 6.45) is 3.77. The average molecular weight is 358 g/mol. The van der Waals surface area contributed by atoms with Crippen molar-refractivity contribution in [1.82, 2.24) is 9.80 Å². The van der Waals surface area contributed by atoms with E-state index < -0.39 is 0 Å². The van der Waals surface area contributed by atoms with Crippen molar-refractivity contribution >= 4 is 0 Å². The lowest BCUT2D eigenvalue weighted by atomic mass is 10.0. The highest BCUT2D eigenvalue weighted by Crippen LogP contribution is 2.27. The van der Waals surface area contributed by atoms with E-state index in [-0.39, 0.29) is 5.82 Å². The van der Waals surface area contributed by atoms with Crippen LogP contribution in [0.3, 0.4) is 0 Å². The third-order valence-electron chi connectivity index (χ3n) is 5.48. The Kier molecular flexibility index (Phi) is 5.68. The first-order chi connectivity index (χ1) is 12.8. The number of likely N-dealkylation sites (tertiary alicyclic amines) is 1. The van der Waals surface area contributed by atoms with Gasteiger partial charge < -0.3 is 9.15 Å². The maximum absolute atomic E-state index is 14.0. The van der Waals surface area contributed by atoms with Crippen molar-refractivity contribution in [1.29, 1.82) is 0 Å². The van der Waals surface area contributed by atoms with Crippen molar-refractivity contribution in [2.24, 2.45) is 0 Å². The second-order valence-corrected chi connectivity index (χ2v) is 7.28. The van der Waals surface area contributed by atoms with Gasteiger partial charge in [-0.25, -0.2) is 4.39 Å². The van der Waals surface area contributed by atoms with Crippen LogP contribution in [0.2, 0.25) is 0 Å². The third kappa shape index (κ3) is 4.17. The number of benzene rings is 1. The lowest BCUT2D eigenvalue weighted by Crippen LogP contribution is -2.49. The first kappa shape index (κ1) is 17.7. The van der Waals surface area contributed by atoms with Crippen molar-refractivity contribution in [3.05, 3.63) is 48.0 Å². The second kappa shape index (κ2) is 8.33. The standard InChI is InChI=1S/C21H27FN2O2/c22-20-7-2-1-6-19(20)21-9-8-18(26-21)16-24-10-4-3-5-17(24)15-23-11-13-25-14-12-23/h1-2,6-9,17H,3-5,10-16H2/t17-/m0/s1. The summed E-state index contributed by atoms with van der Waals surface area (Å²) in [4.78, 5) is 5.04. The predicted molar refractivity (Wildman–Crippen MR) is 99.4 cm³/mol. The van der Waals surface area contributed by atoms with Gasteiger partial charge in [-0.15, -0.1) is 0 Å². The van der Waals surface area contributed by atoms with Gasteiger partial charge in [0.25, 0.3) is 0 Å². The second-order valence-electron chi connectivity index (χ2n) is 7.28. The van der Waals surface area contributed by atoms with Crippen LogP contribution in [0.5, 0.6) is 0 Å². The molecule has 4 nitrogen and oxygen atoms in total. The van der Waals surface area contributed by atoms with Crippen LogP contribution in [-0.2, 0) is 11.3 Å². The summed E-state index contributed by atoms with van der Waals surface area (Å²) in [7, 11) is 0. The molecule has 140 valence electrons. The molecule has 2 aliphatic heterocycles. The molecule has 1 aromatic heterocycles. The fourth-order valence-electron chi connectivity index (χ4n) is 4.03. The van der Waals surface area contributed by atoms with Crippen LogP contribution in [-0.4, -0.2) is 55.2 Å². The molecule has 0 amide bonds. The Labute approximate surface area is 154 Å². The summed E-state index contributed by atoms with van der Waals surface area (Å²) in [5, 5.41) is 0. The predicted octanol–water partition coefficient (Wildman–Crippen LogP) is 3.77. The zero-order valence-electron chi connectivity index (χ0n) is 15.2. The first-order valence-corrected chi connectivity index (χ1v) is 9.67. The number of nitrogens with zero attached hydrogens (tertiary/aromatic N) is 2. The summed E-state index contributed by atoms with van der Waals surface area (Å²) in [6, 6.07) is 11.2. The maximum Gasteiger partial charge on any atom is 0.137 e. The van der Waals surface area contributed by atoms with Gasteiger partial charge in [-0.3, -0.25) is 9.80 Å². The van der Waals surface area contributed by atoms with E-state index in [0.717, 1.165) is 51.7 Å². The van der Waals surface area contributed by atoms with Crippen LogP contribution in [0.25, 0.3) is 11.3 Å². The van der Waals surface area contributed by atoms with Crippen molar-refractivity contribution in [2.75, 3.05) is 39.4 Å². The van der Waals surface area contributed by atoms with E-state index in [1.165, 1.54) is 25.3 Å². The normalized spacial score (nSPS) is 22.6. The molecule has 0 N–H and O–H groups in total. The van der Waals surface area contributed by atoms with Crippen LogP contribution in [0, 0.1) is 5.82 Å². The molecular weight excluding hydrogens is 331 g/mol. The quantitative estimate of drug-likeness (QED) is 0.814. The zero-order chi connectivity index (χ0) is 17.8. The van der Waals surface area contributed by atoms with Gasteiger partial charge in [-0.1, -0.05) is 18.6 Å². The summed E-state index contributed by atoms with van der Waals surface area (Å²) in [5.74, 6) is 1.29. The first-order valence-electron chi connectivity index (χ1n) is 9.67. The number of ether oxygens (including phenoxy) is 1. The zero-order valence-corrected chi connectivity index (χ0v) is 15.2.